The summed E-state index contributed by atoms with van der Waals surface area (Å²) in [6, 6.07) is 9.26. The lowest BCUT2D eigenvalue weighted by molar-refractivity contribution is 0.0663. The normalized spacial score (nSPS) is 15.5. The lowest BCUT2D eigenvalue weighted by Crippen LogP contribution is -2.47. The van der Waals surface area contributed by atoms with E-state index >= 15 is 0 Å². The van der Waals surface area contributed by atoms with Crippen molar-refractivity contribution in [1.82, 2.24) is 24.1 Å². The summed E-state index contributed by atoms with van der Waals surface area (Å²) in [5, 5.41) is 4.49. The number of carbonyl (C=O) groups is 1. The number of carbonyl (C=O) groups excluding carboxylic acids is 1. The van der Waals surface area contributed by atoms with Crippen molar-refractivity contribution < 1.29 is 4.79 Å². The second-order valence-electron chi connectivity index (χ2n) is 6.75. The Bertz CT molecular complexity index is 967. The molecule has 0 N–H and O–H groups in total. The van der Waals surface area contributed by atoms with Crippen LogP contribution >= 0.6 is 0 Å². The van der Waals surface area contributed by atoms with Gasteiger partial charge in [0.15, 0.2) is 0 Å². The van der Waals surface area contributed by atoms with E-state index in [2.05, 4.69) is 10.00 Å². The van der Waals surface area contributed by atoms with E-state index in [0.717, 1.165) is 13.1 Å². The third kappa shape index (κ3) is 2.80. The van der Waals surface area contributed by atoms with Crippen molar-refractivity contribution in [3.63, 3.8) is 0 Å². The third-order valence-electron chi connectivity index (χ3n) is 4.82. The Labute approximate surface area is 151 Å². The van der Waals surface area contributed by atoms with E-state index in [1.54, 1.807) is 17.0 Å². The molecule has 1 fully saturated rings. The molecular weight excluding hydrogens is 330 g/mol. The maximum atomic E-state index is 13.1. The van der Waals surface area contributed by atoms with Gasteiger partial charge in [-0.05, 0) is 19.2 Å². The van der Waals surface area contributed by atoms with E-state index in [-0.39, 0.29) is 11.5 Å². The van der Waals surface area contributed by atoms with Crippen LogP contribution < -0.4 is 5.56 Å². The predicted octanol–water partition coefficient (Wildman–Crippen LogP) is 1.06. The highest BCUT2D eigenvalue weighted by Gasteiger charge is 2.28. The fraction of sp³-hybridized carbons (Fsp3) is 0.316. The second-order valence-corrected chi connectivity index (χ2v) is 6.75. The van der Waals surface area contributed by atoms with Gasteiger partial charge in [0, 0.05) is 45.6 Å². The zero-order valence-electron chi connectivity index (χ0n) is 14.9. The zero-order valence-corrected chi connectivity index (χ0v) is 14.9. The number of nitrogens with zero attached hydrogens (tertiary/aromatic N) is 5. The summed E-state index contributed by atoms with van der Waals surface area (Å²) in [5.41, 5.74) is 1.86. The third-order valence-corrected chi connectivity index (χ3v) is 4.82. The highest BCUT2D eigenvalue weighted by molar-refractivity contribution is 6.00. The molecule has 4 rings (SSSR count). The van der Waals surface area contributed by atoms with Crippen molar-refractivity contribution >= 4 is 5.91 Å². The van der Waals surface area contributed by atoms with Crippen molar-refractivity contribution in [3.05, 3.63) is 58.6 Å². The van der Waals surface area contributed by atoms with Crippen molar-refractivity contribution in [2.75, 3.05) is 33.2 Å². The molecule has 0 aromatic heterocycles. The number of pyridine rings is 1. The highest BCUT2D eigenvalue weighted by atomic mass is 16.2. The van der Waals surface area contributed by atoms with E-state index in [9.17, 15) is 9.59 Å². The van der Waals surface area contributed by atoms with E-state index in [4.69, 9.17) is 0 Å². The van der Waals surface area contributed by atoms with E-state index in [1.165, 1.54) is 4.68 Å². The summed E-state index contributed by atoms with van der Waals surface area (Å²) in [6.07, 6.45) is 3.48. The van der Waals surface area contributed by atoms with Crippen LogP contribution in [0.4, 0.5) is 0 Å². The maximum absolute atomic E-state index is 13.1. The Morgan fingerprint density at radius 3 is 2.38 bits per heavy atom. The topological polar surface area (TPSA) is 63.4 Å². The first-order valence-corrected chi connectivity index (χ1v) is 8.67. The molecule has 0 aliphatic carbocycles. The van der Waals surface area contributed by atoms with Crippen molar-refractivity contribution in [2.45, 2.75) is 0 Å². The van der Waals surface area contributed by atoms with Crippen LogP contribution in [0.3, 0.4) is 0 Å². The fourth-order valence-electron chi connectivity index (χ4n) is 3.32. The molecule has 134 valence electrons. The Hall–Kier alpha value is -2.93. The number of piperazine rings is 1. The van der Waals surface area contributed by atoms with Crippen LogP contribution in [0, 0.1) is 0 Å². The number of fused-ring (bicyclic) bond motifs is 1. The smallest absolute Gasteiger partial charge is 0.282 e. The molecule has 1 amide bonds. The number of rotatable bonds is 2. The van der Waals surface area contributed by atoms with Crippen LogP contribution in [0.25, 0.3) is 16.9 Å². The molecule has 0 saturated carbocycles. The Morgan fingerprint density at radius 2 is 1.69 bits per heavy atom. The average Bonchev–Trinajstić information content (AvgIpc) is 2.99. The fourth-order valence-corrected chi connectivity index (χ4v) is 3.32. The van der Waals surface area contributed by atoms with Crippen LogP contribution in [0.15, 0.2) is 47.5 Å². The average molecular weight is 351 g/mol. The quantitative estimate of drug-likeness (QED) is 0.693. The Balaban J connectivity index is 1.80. The molecule has 7 heteroatoms. The SMILES string of the molecule is CN1CCN(C(=O)c2cn(C)cc3c(=O)n(-c4ccccc4)nc2-3)CC1. The van der Waals surface area contributed by atoms with Crippen molar-refractivity contribution in [2.24, 2.45) is 7.05 Å². The van der Waals surface area contributed by atoms with Gasteiger partial charge in [-0.15, -0.1) is 0 Å². The van der Waals surface area contributed by atoms with Crippen LogP contribution in [0.5, 0.6) is 0 Å². The molecule has 0 radical (unpaired) electrons. The molecule has 3 heterocycles. The van der Waals surface area contributed by atoms with Crippen LogP contribution in [0.1, 0.15) is 10.4 Å². The van der Waals surface area contributed by atoms with Gasteiger partial charge < -0.3 is 14.4 Å². The summed E-state index contributed by atoms with van der Waals surface area (Å²) in [4.78, 5) is 29.9. The summed E-state index contributed by atoms with van der Waals surface area (Å²) >= 11 is 0. The molecule has 26 heavy (non-hydrogen) atoms. The molecule has 1 aromatic rings. The summed E-state index contributed by atoms with van der Waals surface area (Å²) in [7, 11) is 3.87. The standard InChI is InChI=1S/C19H21N5O2/c1-21-8-10-23(11-9-21)18(25)15-12-22(2)13-16-17(15)20-24(19(16)26)14-6-4-3-5-7-14/h3-7,12-13H,8-11H2,1-2H3. The van der Waals surface area contributed by atoms with Crippen molar-refractivity contribution in [1.29, 1.82) is 0 Å². The van der Waals surface area contributed by atoms with Crippen molar-refractivity contribution in [3.8, 4) is 16.9 Å². The minimum absolute atomic E-state index is 0.0722. The van der Waals surface area contributed by atoms with Gasteiger partial charge in [-0.1, -0.05) is 18.2 Å². The number of hydrogen-bond donors (Lipinski definition) is 0. The molecule has 0 unspecified atom stereocenters. The lowest BCUT2D eigenvalue weighted by Gasteiger charge is -2.32. The number of likely N-dealkylation sites (N-methyl/N-ethyl adjacent to an activating group) is 1. The molecule has 0 spiro atoms. The molecule has 0 atom stereocenters. The largest absolute Gasteiger partial charge is 0.356 e. The Morgan fingerprint density at radius 1 is 1.00 bits per heavy atom. The molecule has 0 bridgehead atoms. The molecule has 1 saturated heterocycles. The number of amides is 1. The zero-order chi connectivity index (χ0) is 18.3. The molecule has 1 aromatic carbocycles. The van der Waals surface area contributed by atoms with Gasteiger partial charge in [0.1, 0.15) is 5.69 Å². The summed E-state index contributed by atoms with van der Waals surface area (Å²) in [5.74, 6) is -0.0722. The highest BCUT2D eigenvalue weighted by Crippen LogP contribution is 2.23. The monoisotopic (exact) mass is 351 g/mol. The van der Waals surface area contributed by atoms with Gasteiger partial charge >= 0.3 is 0 Å². The number of aryl methyl sites for hydroxylation is 1. The van der Waals surface area contributed by atoms with E-state index in [1.807, 2.05) is 49.3 Å². The number of hydrogen-bond acceptors (Lipinski definition) is 4. The number of aromatic nitrogens is 3. The molecule has 7 nitrogen and oxygen atoms in total. The van der Waals surface area contributed by atoms with Crippen LogP contribution in [-0.2, 0) is 7.05 Å². The van der Waals surface area contributed by atoms with Crippen LogP contribution in [0.2, 0.25) is 0 Å². The Kier molecular flexibility index (Phi) is 4.08. The molecular formula is C19H21N5O2. The first-order chi connectivity index (χ1) is 12.5. The number of para-hydroxylation sites is 1. The maximum Gasteiger partial charge on any atom is 0.282 e. The number of benzene rings is 1. The second kappa shape index (κ2) is 6.42. The first-order valence-electron chi connectivity index (χ1n) is 8.67. The van der Waals surface area contributed by atoms with E-state index in [0.29, 0.717) is 35.6 Å². The predicted molar refractivity (Wildman–Crippen MR) is 98.8 cm³/mol. The first kappa shape index (κ1) is 16.5. The van der Waals surface area contributed by atoms with E-state index < -0.39 is 0 Å². The molecule has 3 aliphatic rings. The minimum atomic E-state index is -0.213. The van der Waals surface area contributed by atoms with Gasteiger partial charge in [-0.3, -0.25) is 9.59 Å². The summed E-state index contributed by atoms with van der Waals surface area (Å²) in [6.45, 7) is 3.05. The molecule has 3 aliphatic heterocycles. The lowest BCUT2D eigenvalue weighted by atomic mass is 10.1. The minimum Gasteiger partial charge on any atom is -0.356 e. The summed E-state index contributed by atoms with van der Waals surface area (Å²) < 4.78 is 3.12. The van der Waals surface area contributed by atoms with Crippen LogP contribution in [-0.4, -0.2) is 63.3 Å². The van der Waals surface area contributed by atoms with Gasteiger partial charge in [0.2, 0.25) is 0 Å². The van der Waals surface area contributed by atoms with Gasteiger partial charge in [0.05, 0.1) is 16.8 Å². The van der Waals surface area contributed by atoms with Gasteiger partial charge in [0.25, 0.3) is 11.5 Å². The van der Waals surface area contributed by atoms with Gasteiger partial charge in [-0.25, -0.2) is 0 Å². The van der Waals surface area contributed by atoms with Gasteiger partial charge in [-0.2, -0.15) is 9.78 Å².